The average Bonchev–Trinajstić information content (AvgIpc) is 2.68. The minimum Gasteiger partial charge on any atom is -0.361 e. The fraction of sp³-hybridized carbons (Fsp3) is 0.789. The smallest absolute Gasteiger partial charge is 0.361 e. The van der Waals surface area contributed by atoms with Gasteiger partial charge in [0.25, 0.3) is 0 Å². The molecule has 156 valence electrons. The normalized spacial score (nSPS) is 21.7. The minimum atomic E-state index is -3.96. The summed E-state index contributed by atoms with van der Waals surface area (Å²) in [7, 11) is 1.85. The second-order valence-corrected chi connectivity index (χ2v) is 8.07. The van der Waals surface area contributed by atoms with E-state index in [-0.39, 0.29) is 0 Å². The van der Waals surface area contributed by atoms with Crippen LogP contribution in [-0.4, -0.2) is 48.3 Å². The van der Waals surface area contributed by atoms with E-state index in [0.29, 0.717) is 5.92 Å². The van der Waals surface area contributed by atoms with E-state index in [1.54, 1.807) is 11.9 Å². The van der Waals surface area contributed by atoms with Crippen molar-refractivity contribution in [3.05, 3.63) is 12.0 Å². The molecule has 0 amide bonds. The van der Waals surface area contributed by atoms with Gasteiger partial charge in [-0.05, 0) is 31.1 Å². The molecule has 0 aromatic heterocycles. The highest BCUT2D eigenvalue weighted by Crippen LogP contribution is 2.29. The zero-order valence-corrected chi connectivity index (χ0v) is 17.2. The molecule has 0 bridgehead atoms. The average molecular weight is 408 g/mol. The summed E-state index contributed by atoms with van der Waals surface area (Å²) in [5.41, 5.74) is -0.426. The predicted octanol–water partition coefficient (Wildman–Crippen LogP) is 4.97. The van der Waals surface area contributed by atoms with Crippen LogP contribution in [0, 0.1) is 5.92 Å². The van der Waals surface area contributed by atoms with Crippen molar-refractivity contribution in [2.45, 2.75) is 70.0 Å². The third kappa shape index (κ3) is 8.68. The first-order chi connectivity index (χ1) is 12.8. The van der Waals surface area contributed by atoms with Crippen LogP contribution in [0.3, 0.4) is 0 Å². The van der Waals surface area contributed by atoms with Crippen LogP contribution < -0.4 is 5.32 Å². The van der Waals surface area contributed by atoms with Crippen LogP contribution in [-0.2, 0) is 4.79 Å². The second kappa shape index (κ2) is 11.7. The first-order valence-electron chi connectivity index (χ1n) is 9.59. The van der Waals surface area contributed by atoms with Crippen LogP contribution in [0.5, 0.6) is 0 Å². The molecule has 27 heavy (non-hydrogen) atoms. The van der Waals surface area contributed by atoms with Crippen molar-refractivity contribution in [3.63, 3.8) is 0 Å². The SMILES string of the molecule is C=CSN1CCC(C=O)(NC(=NC)C2CCCCC2)CC1.CCC(F)(F)F. The number of hydrogen-bond donors (Lipinski definition) is 1. The molecule has 1 heterocycles. The van der Waals surface area contributed by atoms with Gasteiger partial charge in [0, 0.05) is 32.5 Å². The molecule has 1 saturated heterocycles. The molecule has 0 unspecified atom stereocenters. The number of halogens is 3. The Kier molecular flexibility index (Phi) is 10.4. The maximum absolute atomic E-state index is 11.7. The van der Waals surface area contributed by atoms with Gasteiger partial charge in [-0.2, -0.15) is 13.2 Å². The van der Waals surface area contributed by atoms with Crippen molar-refractivity contribution in [2.24, 2.45) is 10.9 Å². The Bertz CT molecular complexity index is 483. The van der Waals surface area contributed by atoms with Gasteiger partial charge in [-0.1, -0.05) is 44.7 Å². The number of piperidine rings is 1. The van der Waals surface area contributed by atoms with Crippen molar-refractivity contribution >= 4 is 24.1 Å². The molecule has 2 aliphatic rings. The first kappa shape index (κ1) is 24.0. The third-order valence-corrected chi connectivity index (χ3v) is 5.89. The fourth-order valence-corrected chi connectivity index (χ4v) is 3.94. The van der Waals surface area contributed by atoms with Crippen molar-refractivity contribution < 1.29 is 18.0 Å². The van der Waals surface area contributed by atoms with Crippen LogP contribution in [0.4, 0.5) is 13.2 Å². The molecular weight excluding hydrogens is 375 g/mol. The quantitative estimate of drug-likeness (QED) is 0.303. The molecule has 1 N–H and O–H groups in total. The Balaban J connectivity index is 0.000000527. The van der Waals surface area contributed by atoms with Crippen molar-refractivity contribution in [1.82, 2.24) is 9.62 Å². The molecule has 2 rings (SSSR count). The van der Waals surface area contributed by atoms with E-state index in [1.807, 2.05) is 12.5 Å². The van der Waals surface area contributed by atoms with E-state index >= 15 is 0 Å². The van der Waals surface area contributed by atoms with E-state index in [4.69, 9.17) is 0 Å². The standard InChI is InChI=1S/C16H27N3OS.C3H5F3/c1-3-21-19-11-9-16(13-20,10-12-19)18-15(17-2)14-7-5-4-6-8-14;1-2-3(4,5)6/h3,13-14H,1,4-12H2,2H3,(H,17,18);2H2,1H3. The number of alkyl halides is 3. The molecule has 0 atom stereocenters. The summed E-state index contributed by atoms with van der Waals surface area (Å²) < 4.78 is 34.6. The maximum Gasteiger partial charge on any atom is 0.388 e. The van der Waals surface area contributed by atoms with Crippen molar-refractivity contribution in [2.75, 3.05) is 20.1 Å². The number of carbonyl (C=O) groups excluding carboxylic acids is 1. The van der Waals surface area contributed by atoms with Crippen LogP contribution in [0.15, 0.2) is 17.0 Å². The van der Waals surface area contributed by atoms with Crippen molar-refractivity contribution in [1.29, 1.82) is 0 Å². The molecule has 0 aromatic rings. The molecule has 2 fully saturated rings. The van der Waals surface area contributed by atoms with Crippen LogP contribution in [0.2, 0.25) is 0 Å². The van der Waals surface area contributed by atoms with Crippen LogP contribution >= 0.6 is 11.9 Å². The monoisotopic (exact) mass is 407 g/mol. The number of nitrogens with one attached hydrogen (secondary N) is 1. The first-order valence-corrected chi connectivity index (χ1v) is 10.4. The molecule has 1 saturated carbocycles. The molecule has 0 spiro atoms. The summed E-state index contributed by atoms with van der Waals surface area (Å²) in [5, 5.41) is 5.37. The number of amidine groups is 1. The van der Waals surface area contributed by atoms with Gasteiger partial charge in [0.15, 0.2) is 0 Å². The highest BCUT2D eigenvalue weighted by atomic mass is 32.2. The second-order valence-electron chi connectivity index (χ2n) is 7.01. The fourth-order valence-electron chi connectivity index (χ4n) is 3.34. The zero-order chi connectivity index (χ0) is 20.3. The third-order valence-electron chi connectivity index (χ3n) is 5.07. The lowest BCUT2D eigenvalue weighted by molar-refractivity contribution is -0.130. The summed E-state index contributed by atoms with van der Waals surface area (Å²) >= 11 is 1.64. The highest BCUT2D eigenvalue weighted by Gasteiger charge is 2.36. The summed E-state index contributed by atoms with van der Waals surface area (Å²) in [6.07, 6.45) is 4.39. The van der Waals surface area contributed by atoms with Gasteiger partial charge in [0.2, 0.25) is 0 Å². The Labute approximate surface area is 165 Å². The van der Waals surface area contributed by atoms with Crippen molar-refractivity contribution in [3.8, 4) is 0 Å². The summed E-state index contributed by atoms with van der Waals surface area (Å²) in [4.78, 5) is 16.2. The minimum absolute atomic E-state index is 0.426. The number of aliphatic imine (C=N–C) groups is 1. The van der Waals surface area contributed by atoms with Crippen LogP contribution in [0.1, 0.15) is 58.3 Å². The van der Waals surface area contributed by atoms with Gasteiger partial charge in [-0.15, -0.1) is 0 Å². The predicted molar refractivity (Wildman–Crippen MR) is 107 cm³/mol. The molecule has 0 radical (unpaired) electrons. The van der Waals surface area contributed by atoms with E-state index < -0.39 is 18.1 Å². The zero-order valence-electron chi connectivity index (χ0n) is 16.4. The number of aldehydes is 1. The topological polar surface area (TPSA) is 44.7 Å². The van der Waals surface area contributed by atoms with E-state index in [2.05, 4.69) is 21.2 Å². The Hall–Kier alpha value is -1.02. The van der Waals surface area contributed by atoms with Gasteiger partial charge in [0.1, 0.15) is 6.29 Å². The molecule has 1 aliphatic heterocycles. The number of nitrogens with zero attached hydrogens (tertiary/aromatic N) is 2. The number of rotatable bonds is 5. The number of hydrogen-bond acceptors (Lipinski definition) is 4. The summed E-state index contributed by atoms with van der Waals surface area (Å²) in [6, 6.07) is 0. The van der Waals surface area contributed by atoms with Gasteiger partial charge < -0.3 is 10.1 Å². The Morgan fingerprint density at radius 1 is 1.30 bits per heavy atom. The molecule has 0 aromatic carbocycles. The lowest BCUT2D eigenvalue weighted by Crippen LogP contribution is -2.56. The Morgan fingerprint density at radius 3 is 2.26 bits per heavy atom. The maximum atomic E-state index is 11.7. The molecule has 4 nitrogen and oxygen atoms in total. The summed E-state index contributed by atoms with van der Waals surface area (Å²) in [5.74, 6) is 1.56. The van der Waals surface area contributed by atoms with Gasteiger partial charge in [-0.25, -0.2) is 4.31 Å². The lowest BCUT2D eigenvalue weighted by Gasteiger charge is -2.40. The van der Waals surface area contributed by atoms with Gasteiger partial charge >= 0.3 is 6.18 Å². The highest BCUT2D eigenvalue weighted by molar-refractivity contribution is 7.99. The Morgan fingerprint density at radius 2 is 1.85 bits per heavy atom. The van der Waals surface area contributed by atoms with E-state index in [1.165, 1.54) is 32.1 Å². The molecule has 1 aliphatic carbocycles. The van der Waals surface area contributed by atoms with Gasteiger partial charge in [-0.3, -0.25) is 4.99 Å². The molecule has 8 heteroatoms. The summed E-state index contributed by atoms with van der Waals surface area (Å²) in [6.45, 7) is 6.65. The molecular formula is C19H32F3N3OS. The lowest BCUT2D eigenvalue weighted by atomic mass is 9.85. The van der Waals surface area contributed by atoms with E-state index in [9.17, 15) is 18.0 Å². The van der Waals surface area contributed by atoms with Crippen LogP contribution in [0.25, 0.3) is 0 Å². The number of carbonyl (C=O) groups is 1. The van der Waals surface area contributed by atoms with Gasteiger partial charge in [0.05, 0.1) is 11.4 Å². The van der Waals surface area contributed by atoms with E-state index in [0.717, 1.165) is 45.0 Å². The largest absolute Gasteiger partial charge is 0.388 e.